The van der Waals surface area contributed by atoms with E-state index in [0.717, 1.165) is 37.7 Å². The summed E-state index contributed by atoms with van der Waals surface area (Å²) in [5.74, 6) is 0.140. The Kier molecular flexibility index (Phi) is 5.50. The molecule has 1 heterocycles. The molecule has 1 aliphatic rings. The van der Waals surface area contributed by atoms with Gasteiger partial charge in [0.25, 0.3) is 5.91 Å². The lowest BCUT2D eigenvalue weighted by Gasteiger charge is -2.33. The lowest BCUT2D eigenvalue weighted by molar-refractivity contribution is -0.116. The molecule has 0 saturated heterocycles. The standard InChI is InChI=1S/C18H28N2O2S/c1-5-6-7-14(21)20-17-15(16(19)22)12-9-8-11(18(2,3)4)10-13(12)23-17/h11H,5-10H2,1-4H3,(H2,19,22)(H,20,21)/t11-/m0/s1. The second-order valence-electron chi connectivity index (χ2n) is 7.53. The molecule has 23 heavy (non-hydrogen) atoms. The number of fused-ring (bicyclic) bond motifs is 1. The van der Waals surface area contributed by atoms with Gasteiger partial charge in [-0.1, -0.05) is 34.1 Å². The second-order valence-corrected chi connectivity index (χ2v) is 8.63. The summed E-state index contributed by atoms with van der Waals surface area (Å²) >= 11 is 1.54. The average molecular weight is 337 g/mol. The molecule has 1 aliphatic carbocycles. The largest absolute Gasteiger partial charge is 0.365 e. The van der Waals surface area contributed by atoms with E-state index in [1.807, 2.05) is 0 Å². The van der Waals surface area contributed by atoms with E-state index >= 15 is 0 Å². The third kappa shape index (κ3) is 4.14. The van der Waals surface area contributed by atoms with Crippen LogP contribution in [0.15, 0.2) is 0 Å². The van der Waals surface area contributed by atoms with Crippen molar-refractivity contribution in [3.8, 4) is 0 Å². The van der Waals surface area contributed by atoms with E-state index < -0.39 is 5.91 Å². The number of amides is 2. The molecule has 0 spiro atoms. The van der Waals surface area contributed by atoms with Gasteiger partial charge in [0.05, 0.1) is 5.56 Å². The maximum Gasteiger partial charge on any atom is 0.251 e. The molecule has 0 bridgehead atoms. The van der Waals surface area contributed by atoms with E-state index in [2.05, 4.69) is 33.0 Å². The van der Waals surface area contributed by atoms with Crippen LogP contribution in [0.2, 0.25) is 0 Å². The molecule has 0 aromatic carbocycles. The molecule has 2 amide bonds. The van der Waals surface area contributed by atoms with Crippen LogP contribution in [0.3, 0.4) is 0 Å². The van der Waals surface area contributed by atoms with Gasteiger partial charge in [0.2, 0.25) is 5.91 Å². The first-order valence-electron chi connectivity index (χ1n) is 8.48. The van der Waals surface area contributed by atoms with Crippen LogP contribution in [0.25, 0.3) is 0 Å². The van der Waals surface area contributed by atoms with Gasteiger partial charge in [-0.05, 0) is 42.6 Å². The van der Waals surface area contributed by atoms with Crippen LogP contribution in [0.1, 0.15) is 74.2 Å². The Labute approximate surface area is 142 Å². The predicted molar refractivity (Wildman–Crippen MR) is 96.0 cm³/mol. The summed E-state index contributed by atoms with van der Waals surface area (Å²) in [6.07, 6.45) is 5.23. The Morgan fingerprint density at radius 1 is 1.35 bits per heavy atom. The molecule has 0 saturated carbocycles. The third-order valence-electron chi connectivity index (χ3n) is 4.75. The molecule has 3 N–H and O–H groups in total. The number of rotatable bonds is 5. The number of nitrogens with one attached hydrogen (secondary N) is 1. The average Bonchev–Trinajstić information content (AvgIpc) is 2.80. The lowest BCUT2D eigenvalue weighted by atomic mass is 9.72. The first-order valence-corrected chi connectivity index (χ1v) is 9.29. The van der Waals surface area contributed by atoms with Crippen molar-refractivity contribution in [2.24, 2.45) is 17.1 Å². The molecule has 4 nitrogen and oxygen atoms in total. The smallest absolute Gasteiger partial charge is 0.251 e. The van der Waals surface area contributed by atoms with Crippen LogP contribution in [-0.4, -0.2) is 11.8 Å². The Hall–Kier alpha value is -1.36. The van der Waals surface area contributed by atoms with Gasteiger partial charge in [-0.2, -0.15) is 0 Å². The van der Waals surface area contributed by atoms with Crippen molar-refractivity contribution in [2.45, 2.75) is 66.2 Å². The van der Waals surface area contributed by atoms with E-state index in [9.17, 15) is 9.59 Å². The summed E-state index contributed by atoms with van der Waals surface area (Å²) in [7, 11) is 0. The fraction of sp³-hybridized carbons (Fsp3) is 0.667. The minimum atomic E-state index is -0.428. The van der Waals surface area contributed by atoms with Gasteiger partial charge in [0.1, 0.15) is 5.00 Å². The highest BCUT2D eigenvalue weighted by Crippen LogP contribution is 2.44. The molecule has 1 aromatic rings. The summed E-state index contributed by atoms with van der Waals surface area (Å²) in [5.41, 5.74) is 7.45. The molecule has 5 heteroatoms. The number of hydrogen-bond acceptors (Lipinski definition) is 3. The van der Waals surface area contributed by atoms with Crippen molar-refractivity contribution in [2.75, 3.05) is 5.32 Å². The van der Waals surface area contributed by atoms with Crippen LogP contribution in [0, 0.1) is 11.3 Å². The van der Waals surface area contributed by atoms with Crippen LogP contribution >= 0.6 is 11.3 Å². The SMILES string of the molecule is CCCCC(=O)Nc1sc2c(c1C(N)=O)CC[C@H](C(C)(C)C)C2. The number of primary amides is 1. The molecule has 0 fully saturated rings. The number of nitrogens with two attached hydrogens (primary N) is 1. The predicted octanol–water partition coefficient (Wildman–Crippen LogP) is 4.13. The van der Waals surface area contributed by atoms with Gasteiger partial charge >= 0.3 is 0 Å². The summed E-state index contributed by atoms with van der Waals surface area (Å²) in [6, 6.07) is 0. The molecule has 1 aromatic heterocycles. The molecule has 0 radical (unpaired) electrons. The van der Waals surface area contributed by atoms with E-state index in [1.165, 1.54) is 16.2 Å². The van der Waals surface area contributed by atoms with Crippen LogP contribution in [-0.2, 0) is 17.6 Å². The first-order chi connectivity index (χ1) is 10.7. The Bertz CT molecular complexity index is 599. The fourth-order valence-electron chi connectivity index (χ4n) is 3.20. The molecular formula is C18H28N2O2S. The summed E-state index contributed by atoms with van der Waals surface area (Å²) < 4.78 is 0. The van der Waals surface area contributed by atoms with Crippen molar-refractivity contribution in [1.82, 2.24) is 0 Å². The first kappa shape index (κ1) is 18.0. The third-order valence-corrected chi connectivity index (χ3v) is 5.92. The van der Waals surface area contributed by atoms with Gasteiger partial charge in [0.15, 0.2) is 0 Å². The number of carbonyl (C=O) groups excluding carboxylic acids is 2. The normalized spacial score (nSPS) is 17.7. The summed E-state index contributed by atoms with van der Waals surface area (Å²) in [6.45, 7) is 8.84. The number of hydrogen-bond donors (Lipinski definition) is 2. The van der Waals surface area contributed by atoms with Crippen molar-refractivity contribution in [3.05, 3.63) is 16.0 Å². The number of carbonyl (C=O) groups is 2. The van der Waals surface area contributed by atoms with E-state index in [-0.39, 0.29) is 11.3 Å². The Morgan fingerprint density at radius 3 is 2.61 bits per heavy atom. The van der Waals surface area contributed by atoms with E-state index in [4.69, 9.17) is 5.73 Å². The van der Waals surface area contributed by atoms with Gasteiger partial charge in [-0.15, -0.1) is 11.3 Å². The van der Waals surface area contributed by atoms with Gasteiger partial charge in [0, 0.05) is 11.3 Å². The molecule has 128 valence electrons. The zero-order valence-electron chi connectivity index (χ0n) is 14.6. The Morgan fingerprint density at radius 2 is 2.04 bits per heavy atom. The maximum absolute atomic E-state index is 12.0. The van der Waals surface area contributed by atoms with Gasteiger partial charge in [-0.25, -0.2) is 0 Å². The number of anilines is 1. The molecule has 2 rings (SSSR count). The number of unbranched alkanes of at least 4 members (excludes halogenated alkanes) is 1. The molecule has 1 atom stereocenters. The number of thiophene rings is 1. The highest BCUT2D eigenvalue weighted by Gasteiger charge is 2.33. The molecule has 0 unspecified atom stereocenters. The van der Waals surface area contributed by atoms with Crippen molar-refractivity contribution in [1.29, 1.82) is 0 Å². The zero-order chi connectivity index (χ0) is 17.2. The monoisotopic (exact) mass is 336 g/mol. The van der Waals surface area contributed by atoms with E-state index in [1.54, 1.807) is 0 Å². The zero-order valence-corrected chi connectivity index (χ0v) is 15.4. The van der Waals surface area contributed by atoms with Crippen molar-refractivity contribution in [3.63, 3.8) is 0 Å². The lowest BCUT2D eigenvalue weighted by Crippen LogP contribution is -2.27. The highest BCUT2D eigenvalue weighted by molar-refractivity contribution is 7.17. The van der Waals surface area contributed by atoms with Crippen molar-refractivity contribution >= 4 is 28.2 Å². The van der Waals surface area contributed by atoms with Gasteiger partial charge < -0.3 is 11.1 Å². The quantitative estimate of drug-likeness (QED) is 0.848. The van der Waals surface area contributed by atoms with Crippen LogP contribution in [0.5, 0.6) is 0 Å². The van der Waals surface area contributed by atoms with Crippen molar-refractivity contribution < 1.29 is 9.59 Å². The van der Waals surface area contributed by atoms with Gasteiger partial charge in [-0.3, -0.25) is 9.59 Å². The second kappa shape index (κ2) is 7.04. The Balaban J connectivity index is 2.26. The summed E-state index contributed by atoms with van der Waals surface area (Å²) in [4.78, 5) is 25.2. The van der Waals surface area contributed by atoms with Crippen LogP contribution < -0.4 is 11.1 Å². The minimum Gasteiger partial charge on any atom is -0.365 e. The highest BCUT2D eigenvalue weighted by atomic mass is 32.1. The minimum absolute atomic E-state index is 0.0275. The topological polar surface area (TPSA) is 72.2 Å². The van der Waals surface area contributed by atoms with E-state index in [0.29, 0.717) is 22.9 Å². The summed E-state index contributed by atoms with van der Waals surface area (Å²) in [5, 5.41) is 3.57. The van der Waals surface area contributed by atoms with Crippen LogP contribution in [0.4, 0.5) is 5.00 Å². The fourth-order valence-corrected chi connectivity index (χ4v) is 4.55. The molecule has 0 aliphatic heterocycles. The molecular weight excluding hydrogens is 308 g/mol. The maximum atomic E-state index is 12.0.